The minimum absolute atomic E-state index is 0.0827. The fourth-order valence-corrected chi connectivity index (χ4v) is 2.59. The lowest BCUT2D eigenvalue weighted by atomic mass is 10.1. The van der Waals surface area contributed by atoms with Crippen molar-refractivity contribution in [3.05, 3.63) is 66.4 Å². The highest BCUT2D eigenvalue weighted by Gasteiger charge is 2.10. The van der Waals surface area contributed by atoms with Gasteiger partial charge in [-0.05, 0) is 30.2 Å². The van der Waals surface area contributed by atoms with Crippen LogP contribution in [0.3, 0.4) is 0 Å². The van der Waals surface area contributed by atoms with Crippen LogP contribution >= 0.6 is 0 Å². The molecule has 0 spiro atoms. The van der Waals surface area contributed by atoms with E-state index < -0.39 is 0 Å². The first-order chi connectivity index (χ1) is 11.8. The van der Waals surface area contributed by atoms with Crippen LogP contribution in [0.4, 0.5) is 5.69 Å². The number of anilines is 1. The van der Waals surface area contributed by atoms with E-state index in [0.717, 1.165) is 22.9 Å². The highest BCUT2D eigenvalue weighted by Crippen LogP contribution is 2.24. The summed E-state index contributed by atoms with van der Waals surface area (Å²) in [5, 5.41) is 3.98. The lowest BCUT2D eigenvalue weighted by Crippen LogP contribution is -2.15. The van der Waals surface area contributed by atoms with Gasteiger partial charge in [0.1, 0.15) is 5.75 Å². The Morgan fingerprint density at radius 3 is 2.79 bits per heavy atom. The van der Waals surface area contributed by atoms with Gasteiger partial charge in [-0.25, -0.2) is 0 Å². The number of nitrogens with zero attached hydrogens (tertiary/aromatic N) is 1. The minimum atomic E-state index is -0.0827. The molecule has 3 aromatic rings. The van der Waals surface area contributed by atoms with Gasteiger partial charge in [-0.15, -0.1) is 0 Å². The fourth-order valence-electron chi connectivity index (χ4n) is 2.59. The molecule has 0 saturated heterocycles. The molecule has 122 valence electrons. The van der Waals surface area contributed by atoms with Crippen LogP contribution in [0.2, 0.25) is 0 Å². The van der Waals surface area contributed by atoms with E-state index >= 15 is 0 Å². The van der Waals surface area contributed by atoms with Crippen LogP contribution in [-0.2, 0) is 11.2 Å². The number of ether oxygens (including phenoxy) is 1. The number of carbonyl (C=O) groups is 1. The maximum atomic E-state index is 12.5. The third-order valence-corrected chi connectivity index (χ3v) is 3.69. The third kappa shape index (κ3) is 3.71. The van der Waals surface area contributed by atoms with Crippen molar-refractivity contribution in [2.24, 2.45) is 0 Å². The first-order valence-electron chi connectivity index (χ1n) is 8.12. The normalized spacial score (nSPS) is 10.5. The topological polar surface area (TPSA) is 51.2 Å². The van der Waals surface area contributed by atoms with Crippen molar-refractivity contribution in [3.63, 3.8) is 0 Å². The van der Waals surface area contributed by atoms with Crippen LogP contribution in [-0.4, -0.2) is 17.5 Å². The molecule has 0 bridgehead atoms. The molecule has 3 rings (SSSR count). The molecule has 4 nitrogen and oxygen atoms in total. The Balaban J connectivity index is 1.76. The van der Waals surface area contributed by atoms with Crippen molar-refractivity contribution in [1.29, 1.82) is 0 Å². The predicted molar refractivity (Wildman–Crippen MR) is 96.3 cm³/mol. The lowest BCUT2D eigenvalue weighted by molar-refractivity contribution is -0.115. The second kappa shape index (κ2) is 7.59. The van der Waals surface area contributed by atoms with Gasteiger partial charge in [-0.1, -0.05) is 43.3 Å². The number of benzene rings is 2. The van der Waals surface area contributed by atoms with E-state index in [1.54, 1.807) is 6.20 Å². The van der Waals surface area contributed by atoms with Crippen LogP contribution in [0, 0.1) is 0 Å². The molecule has 1 heterocycles. The Kier molecular flexibility index (Phi) is 5.06. The number of hydrogen-bond donors (Lipinski definition) is 1. The Hall–Kier alpha value is -2.88. The highest BCUT2D eigenvalue weighted by atomic mass is 16.5. The maximum Gasteiger partial charge on any atom is 0.228 e. The second-order valence-electron chi connectivity index (χ2n) is 5.56. The van der Waals surface area contributed by atoms with E-state index in [-0.39, 0.29) is 12.3 Å². The van der Waals surface area contributed by atoms with Gasteiger partial charge in [-0.2, -0.15) is 0 Å². The van der Waals surface area contributed by atoms with Gasteiger partial charge in [0.2, 0.25) is 5.91 Å². The van der Waals surface area contributed by atoms with Gasteiger partial charge in [0, 0.05) is 11.6 Å². The Morgan fingerprint density at radius 1 is 1.08 bits per heavy atom. The van der Waals surface area contributed by atoms with Gasteiger partial charge in [0.25, 0.3) is 0 Å². The number of aromatic nitrogens is 1. The molecule has 0 saturated carbocycles. The van der Waals surface area contributed by atoms with Crippen molar-refractivity contribution >= 4 is 22.5 Å². The zero-order valence-corrected chi connectivity index (χ0v) is 13.7. The SMILES string of the molecule is CCCOc1ccccc1NC(=O)Cc1cccc2cccnc12. The van der Waals surface area contributed by atoms with Gasteiger partial charge in [-0.3, -0.25) is 9.78 Å². The summed E-state index contributed by atoms with van der Waals surface area (Å²) in [4.78, 5) is 16.9. The van der Waals surface area contributed by atoms with E-state index in [1.165, 1.54) is 0 Å². The molecule has 0 aliphatic rings. The quantitative estimate of drug-likeness (QED) is 0.740. The monoisotopic (exact) mass is 320 g/mol. The molecule has 0 aliphatic heterocycles. The van der Waals surface area contributed by atoms with Crippen molar-refractivity contribution in [3.8, 4) is 5.75 Å². The van der Waals surface area contributed by atoms with Crippen LogP contribution in [0.15, 0.2) is 60.8 Å². The van der Waals surface area contributed by atoms with E-state index in [2.05, 4.69) is 17.2 Å². The van der Waals surface area contributed by atoms with Gasteiger partial charge in [0.05, 0.1) is 24.2 Å². The molecule has 0 fully saturated rings. The van der Waals surface area contributed by atoms with Crippen LogP contribution in [0.1, 0.15) is 18.9 Å². The summed E-state index contributed by atoms with van der Waals surface area (Å²) in [5.41, 5.74) is 2.48. The second-order valence-corrected chi connectivity index (χ2v) is 5.56. The third-order valence-electron chi connectivity index (χ3n) is 3.69. The average molecular weight is 320 g/mol. The fraction of sp³-hybridized carbons (Fsp3) is 0.200. The van der Waals surface area contributed by atoms with E-state index in [1.807, 2.05) is 54.6 Å². The molecule has 0 unspecified atom stereocenters. The van der Waals surface area contributed by atoms with Gasteiger partial charge >= 0.3 is 0 Å². The average Bonchev–Trinajstić information content (AvgIpc) is 2.61. The Labute approximate surface area is 141 Å². The summed E-state index contributed by atoms with van der Waals surface area (Å²) in [6.07, 6.45) is 2.94. The van der Waals surface area contributed by atoms with Crippen molar-refractivity contribution in [1.82, 2.24) is 4.98 Å². The molecule has 0 atom stereocenters. The molecule has 1 amide bonds. The zero-order valence-electron chi connectivity index (χ0n) is 13.7. The standard InChI is InChI=1S/C20H20N2O2/c1-2-13-24-18-11-4-3-10-17(18)22-19(23)14-16-8-5-7-15-9-6-12-21-20(15)16/h3-12H,2,13-14H2,1H3,(H,22,23). The van der Waals surface area contributed by atoms with Crippen LogP contribution in [0.25, 0.3) is 10.9 Å². The minimum Gasteiger partial charge on any atom is -0.491 e. The van der Waals surface area contributed by atoms with Gasteiger partial charge in [0.15, 0.2) is 0 Å². The summed E-state index contributed by atoms with van der Waals surface area (Å²) in [7, 11) is 0. The Morgan fingerprint density at radius 2 is 1.92 bits per heavy atom. The first-order valence-corrected chi connectivity index (χ1v) is 8.12. The predicted octanol–water partition coefficient (Wildman–Crippen LogP) is 4.20. The largest absolute Gasteiger partial charge is 0.491 e. The van der Waals surface area contributed by atoms with Crippen molar-refractivity contribution < 1.29 is 9.53 Å². The summed E-state index contributed by atoms with van der Waals surface area (Å²) in [5.74, 6) is 0.615. The number of amides is 1. The summed E-state index contributed by atoms with van der Waals surface area (Å²) in [6, 6.07) is 17.3. The maximum absolute atomic E-state index is 12.5. The number of fused-ring (bicyclic) bond motifs is 1. The Bertz CT molecular complexity index is 840. The first kappa shape index (κ1) is 16.0. The number of pyridine rings is 1. The van der Waals surface area contributed by atoms with E-state index in [0.29, 0.717) is 18.0 Å². The molecular weight excluding hydrogens is 300 g/mol. The lowest BCUT2D eigenvalue weighted by Gasteiger charge is -2.12. The summed E-state index contributed by atoms with van der Waals surface area (Å²) < 4.78 is 5.68. The number of carbonyl (C=O) groups excluding carboxylic acids is 1. The van der Waals surface area contributed by atoms with Crippen LogP contribution < -0.4 is 10.1 Å². The number of rotatable bonds is 6. The molecule has 1 aromatic heterocycles. The van der Waals surface area contributed by atoms with Crippen molar-refractivity contribution in [2.45, 2.75) is 19.8 Å². The molecule has 0 aliphatic carbocycles. The zero-order chi connectivity index (χ0) is 16.8. The van der Waals surface area contributed by atoms with Crippen LogP contribution in [0.5, 0.6) is 5.75 Å². The highest BCUT2D eigenvalue weighted by molar-refractivity contribution is 5.96. The summed E-state index contributed by atoms with van der Waals surface area (Å²) in [6.45, 7) is 2.68. The molecule has 4 heteroatoms. The molecule has 1 N–H and O–H groups in total. The van der Waals surface area contributed by atoms with E-state index in [4.69, 9.17) is 4.74 Å². The van der Waals surface area contributed by atoms with E-state index in [9.17, 15) is 4.79 Å². The molecule has 24 heavy (non-hydrogen) atoms. The number of hydrogen-bond acceptors (Lipinski definition) is 3. The molecule has 0 radical (unpaired) electrons. The van der Waals surface area contributed by atoms with Crippen molar-refractivity contribution in [2.75, 3.05) is 11.9 Å². The number of nitrogens with one attached hydrogen (secondary N) is 1. The number of para-hydroxylation sites is 3. The summed E-state index contributed by atoms with van der Waals surface area (Å²) >= 11 is 0. The van der Waals surface area contributed by atoms with Gasteiger partial charge < -0.3 is 10.1 Å². The molecule has 2 aromatic carbocycles. The molecular formula is C20H20N2O2. The smallest absolute Gasteiger partial charge is 0.228 e.